The fourth-order valence-corrected chi connectivity index (χ4v) is 11.6. The molecule has 75 heavy (non-hydrogen) atoms. The average Bonchev–Trinajstić information content (AvgIpc) is 3.40. The quantitative estimate of drug-likeness (QED) is 0.0163. The van der Waals surface area contributed by atoms with Gasteiger partial charge in [-0.1, -0.05) is 309 Å². The highest BCUT2D eigenvalue weighted by Gasteiger charge is 2.51. The molecule has 0 radical (unpaired) electrons. The zero-order chi connectivity index (χ0) is 54.9. The summed E-state index contributed by atoms with van der Waals surface area (Å²) < 4.78 is 23.1. The molecule has 0 bridgehead atoms. The summed E-state index contributed by atoms with van der Waals surface area (Å²) >= 11 is 0. The van der Waals surface area contributed by atoms with Crippen molar-refractivity contribution in [1.82, 2.24) is 5.32 Å². The summed E-state index contributed by atoms with van der Waals surface area (Å²) in [6, 6.07) is -1.11. The number of aliphatic hydroxyl groups excluding tert-OH is 6. The van der Waals surface area contributed by atoms with E-state index in [4.69, 9.17) is 9.05 Å². The smallest absolute Gasteiger partial charge is 0.387 e. The molecule has 8 N–H and O–H groups in total. The van der Waals surface area contributed by atoms with Gasteiger partial charge in [0.25, 0.3) is 0 Å². The van der Waals surface area contributed by atoms with E-state index in [9.17, 15) is 44.9 Å². The molecule has 0 aromatic carbocycles. The number of allylic oxidation sites excluding steroid dienone is 1. The molecule has 1 amide bonds. The van der Waals surface area contributed by atoms with Crippen molar-refractivity contribution in [2.24, 2.45) is 0 Å². The Morgan fingerprint density at radius 2 is 0.707 bits per heavy atom. The summed E-state index contributed by atoms with van der Waals surface area (Å²) in [5.41, 5.74) is 0. The average molecular weight is 1090 g/mol. The largest absolute Gasteiger partial charge is 0.472 e. The third-order valence-corrected chi connectivity index (χ3v) is 16.8. The third-order valence-electron chi connectivity index (χ3n) is 15.8. The van der Waals surface area contributed by atoms with Crippen LogP contribution in [0.15, 0.2) is 12.2 Å². The van der Waals surface area contributed by atoms with Crippen LogP contribution in [-0.4, -0.2) is 96.8 Å². The van der Waals surface area contributed by atoms with Gasteiger partial charge in [0.15, 0.2) is 0 Å². The van der Waals surface area contributed by atoms with Gasteiger partial charge in [0.2, 0.25) is 5.91 Å². The summed E-state index contributed by atoms with van der Waals surface area (Å²) in [6.45, 7) is 3.90. The molecule has 13 heteroatoms. The number of unbranched alkanes of at least 4 members (excludes halogenated alkanes) is 45. The Balaban J connectivity index is 2.19. The lowest BCUT2D eigenvalue weighted by atomic mass is 9.85. The minimum Gasteiger partial charge on any atom is -0.387 e. The van der Waals surface area contributed by atoms with E-state index in [1.807, 2.05) is 6.08 Å². The molecular weight excluding hydrogens is 966 g/mol. The molecule has 446 valence electrons. The van der Waals surface area contributed by atoms with Crippen molar-refractivity contribution in [2.45, 2.75) is 371 Å². The van der Waals surface area contributed by atoms with Crippen LogP contribution in [-0.2, 0) is 18.4 Å². The van der Waals surface area contributed by atoms with Crippen LogP contribution >= 0.6 is 7.82 Å². The monoisotopic (exact) mass is 1090 g/mol. The second-order valence-corrected chi connectivity index (χ2v) is 24.4. The van der Waals surface area contributed by atoms with E-state index in [1.54, 1.807) is 6.08 Å². The first-order valence-electron chi connectivity index (χ1n) is 32.1. The molecule has 1 saturated carbocycles. The van der Waals surface area contributed by atoms with E-state index in [-0.39, 0.29) is 12.3 Å². The highest BCUT2D eigenvalue weighted by molar-refractivity contribution is 7.47. The fourth-order valence-electron chi connectivity index (χ4n) is 10.7. The number of hydrogen-bond acceptors (Lipinski definition) is 10. The molecule has 0 saturated heterocycles. The standard InChI is InChI=1S/C62H122NO11P/c1-3-5-7-9-11-13-15-17-19-20-21-22-23-24-25-26-27-28-29-30-31-32-33-34-35-36-38-40-42-44-46-48-50-52-56(65)63-54(53-73-75(71,72)74-62-60(69)58(67)57(66)59(68)61(62)70)55(64)51-49-47-45-43-41-39-37-18-16-14-12-10-8-6-4-2/h49,51,54-55,57-62,64,66-70H,3-48,50,52-53H2,1-2H3,(H,63,65)(H,71,72)/b51-49+/t54-,55+,57?,58+,59?,60?,61?,62?/m0/s1. The molecule has 0 aromatic heterocycles. The van der Waals surface area contributed by atoms with Gasteiger partial charge >= 0.3 is 7.82 Å². The van der Waals surface area contributed by atoms with Crippen molar-refractivity contribution in [3.63, 3.8) is 0 Å². The number of carbonyl (C=O) groups excluding carboxylic acids is 1. The lowest BCUT2D eigenvalue weighted by Crippen LogP contribution is -2.64. The first-order chi connectivity index (χ1) is 36.4. The van der Waals surface area contributed by atoms with Crippen molar-refractivity contribution in [3.05, 3.63) is 12.2 Å². The van der Waals surface area contributed by atoms with Crippen LogP contribution in [0.1, 0.15) is 322 Å². The van der Waals surface area contributed by atoms with Gasteiger partial charge in [-0.05, 0) is 19.3 Å². The maximum absolute atomic E-state index is 13.1. The number of amides is 1. The summed E-state index contributed by atoms with van der Waals surface area (Å²) in [5.74, 6) is -0.333. The van der Waals surface area contributed by atoms with Gasteiger partial charge in [0, 0.05) is 6.42 Å². The first kappa shape index (κ1) is 72.1. The van der Waals surface area contributed by atoms with Crippen molar-refractivity contribution in [1.29, 1.82) is 0 Å². The molecule has 0 aromatic rings. The van der Waals surface area contributed by atoms with Crippen LogP contribution in [0.3, 0.4) is 0 Å². The minimum absolute atomic E-state index is 0.220. The number of hydrogen-bond donors (Lipinski definition) is 8. The molecule has 9 atom stereocenters. The first-order valence-corrected chi connectivity index (χ1v) is 33.6. The maximum Gasteiger partial charge on any atom is 0.472 e. The Morgan fingerprint density at radius 1 is 0.440 bits per heavy atom. The number of phosphoric ester groups is 1. The maximum atomic E-state index is 13.1. The fraction of sp³-hybridized carbons (Fsp3) is 0.952. The summed E-state index contributed by atoms with van der Waals surface area (Å²) in [6.07, 6.45) is 51.8. The van der Waals surface area contributed by atoms with E-state index in [0.717, 1.165) is 44.9 Å². The van der Waals surface area contributed by atoms with Gasteiger partial charge in [0.1, 0.15) is 36.6 Å². The van der Waals surface area contributed by atoms with Crippen LogP contribution in [0.25, 0.3) is 0 Å². The second kappa shape index (κ2) is 51.2. The lowest BCUT2D eigenvalue weighted by molar-refractivity contribution is -0.220. The van der Waals surface area contributed by atoms with Crippen LogP contribution in [0.4, 0.5) is 0 Å². The molecule has 1 aliphatic carbocycles. The van der Waals surface area contributed by atoms with Crippen molar-refractivity contribution >= 4 is 13.7 Å². The predicted octanol–water partition coefficient (Wildman–Crippen LogP) is 15.5. The highest BCUT2D eigenvalue weighted by Crippen LogP contribution is 2.47. The van der Waals surface area contributed by atoms with Crippen molar-refractivity contribution in [3.8, 4) is 0 Å². The van der Waals surface area contributed by atoms with E-state index in [1.165, 1.54) is 250 Å². The topological polar surface area (TPSA) is 206 Å². The number of aliphatic hydroxyl groups is 6. The molecule has 1 aliphatic rings. The van der Waals surface area contributed by atoms with Crippen molar-refractivity contribution < 1.29 is 53.9 Å². The van der Waals surface area contributed by atoms with Gasteiger partial charge in [-0.2, -0.15) is 0 Å². The number of carbonyl (C=O) groups is 1. The predicted molar refractivity (Wildman–Crippen MR) is 311 cm³/mol. The van der Waals surface area contributed by atoms with Gasteiger partial charge in [-0.15, -0.1) is 0 Å². The lowest BCUT2D eigenvalue weighted by Gasteiger charge is -2.41. The van der Waals surface area contributed by atoms with Crippen LogP contribution in [0, 0.1) is 0 Å². The Kier molecular flexibility index (Phi) is 49.3. The molecule has 12 nitrogen and oxygen atoms in total. The van der Waals surface area contributed by atoms with Crippen LogP contribution < -0.4 is 5.32 Å². The zero-order valence-corrected chi connectivity index (χ0v) is 49.5. The molecule has 6 unspecified atom stereocenters. The summed E-state index contributed by atoms with van der Waals surface area (Å²) in [4.78, 5) is 23.6. The normalized spacial score (nSPS) is 20.7. The highest BCUT2D eigenvalue weighted by atomic mass is 31.2. The Morgan fingerprint density at radius 3 is 1.01 bits per heavy atom. The Bertz CT molecular complexity index is 1310. The van der Waals surface area contributed by atoms with Gasteiger partial charge in [-0.3, -0.25) is 13.8 Å². The van der Waals surface area contributed by atoms with Gasteiger partial charge in [-0.25, -0.2) is 4.57 Å². The molecule has 1 fully saturated rings. The molecule has 0 heterocycles. The van der Waals surface area contributed by atoms with Crippen LogP contribution in [0.5, 0.6) is 0 Å². The number of nitrogens with one attached hydrogen (secondary N) is 1. The third kappa shape index (κ3) is 41.7. The van der Waals surface area contributed by atoms with E-state index < -0.39 is 63.2 Å². The molecule has 1 rings (SSSR count). The SMILES string of the molecule is CCCCCCCCCCCCCCC/C=C/[C@@H](O)[C@H](COP(=O)(O)OC1C(O)C(O)C(O)[C@@H](O)C1O)NC(=O)CCCCCCCCCCCCCCCCCCCCCCCCCCCCCCCCCCC. The molecular formula is C62H122NO11P. The van der Waals surface area contributed by atoms with Gasteiger partial charge < -0.3 is 40.8 Å². The number of phosphoric acid groups is 1. The second-order valence-electron chi connectivity index (χ2n) is 23.0. The molecule has 0 spiro atoms. The minimum atomic E-state index is -5.08. The summed E-state index contributed by atoms with van der Waals surface area (Å²) in [5, 5.41) is 64.4. The zero-order valence-electron chi connectivity index (χ0n) is 48.6. The van der Waals surface area contributed by atoms with Crippen LogP contribution in [0.2, 0.25) is 0 Å². The van der Waals surface area contributed by atoms with E-state index >= 15 is 0 Å². The Labute approximate surface area is 460 Å². The molecule has 0 aliphatic heterocycles. The van der Waals surface area contributed by atoms with Gasteiger partial charge in [0.05, 0.1) is 18.8 Å². The van der Waals surface area contributed by atoms with Crippen molar-refractivity contribution in [2.75, 3.05) is 6.61 Å². The Hall–Kier alpha value is -0.920. The van der Waals surface area contributed by atoms with E-state index in [2.05, 4.69) is 19.2 Å². The summed E-state index contributed by atoms with van der Waals surface area (Å²) in [7, 11) is -5.08. The van der Waals surface area contributed by atoms with E-state index in [0.29, 0.717) is 6.42 Å². The number of rotatable bonds is 56.